The molecule has 0 aliphatic carbocycles. The lowest BCUT2D eigenvalue weighted by molar-refractivity contribution is 0.0130. The second kappa shape index (κ2) is 12.3. The summed E-state index contributed by atoms with van der Waals surface area (Å²) in [6, 6.07) is 6.51. The quantitative estimate of drug-likeness (QED) is 0.251. The molecular weight excluding hydrogens is 506 g/mol. The van der Waals surface area contributed by atoms with E-state index in [1.165, 1.54) is 37.4 Å². The summed E-state index contributed by atoms with van der Waals surface area (Å²) in [7, 11) is 2.93. The van der Waals surface area contributed by atoms with Gasteiger partial charge in [-0.3, -0.25) is 28.8 Å². The van der Waals surface area contributed by atoms with E-state index in [0.29, 0.717) is 18.7 Å². The van der Waals surface area contributed by atoms with E-state index in [9.17, 15) is 19.2 Å². The average molecular weight is 536 g/mol. The summed E-state index contributed by atoms with van der Waals surface area (Å²) >= 11 is 0. The SMILES string of the molecule is CCN(CCOC(=O)c1cccnc1)CC(Cn1cnc2c1c(=O)n(C)c(=O)n2C)OC(=O)c1cccnc1. The van der Waals surface area contributed by atoms with Gasteiger partial charge >= 0.3 is 17.6 Å². The zero-order valence-electron chi connectivity index (χ0n) is 21.9. The summed E-state index contributed by atoms with van der Waals surface area (Å²) in [6.07, 6.45) is 6.70. The number of aryl methyl sites for hydroxylation is 1. The average Bonchev–Trinajstić information content (AvgIpc) is 3.38. The summed E-state index contributed by atoms with van der Waals surface area (Å²) in [5.41, 5.74) is 0.0926. The molecule has 0 saturated carbocycles. The number of carbonyl (C=O) groups excluding carboxylic acids is 2. The highest BCUT2D eigenvalue weighted by Crippen LogP contribution is 2.12. The fourth-order valence-corrected chi connectivity index (χ4v) is 4.09. The predicted octanol–water partition coefficient (Wildman–Crippen LogP) is 0.628. The van der Waals surface area contributed by atoms with E-state index >= 15 is 0 Å². The van der Waals surface area contributed by atoms with E-state index in [1.54, 1.807) is 41.2 Å². The molecule has 0 saturated heterocycles. The van der Waals surface area contributed by atoms with Gasteiger partial charge in [-0.25, -0.2) is 19.4 Å². The third-order valence-corrected chi connectivity index (χ3v) is 6.24. The second-order valence-corrected chi connectivity index (χ2v) is 8.81. The van der Waals surface area contributed by atoms with Crippen LogP contribution in [0.25, 0.3) is 11.2 Å². The minimum atomic E-state index is -0.717. The van der Waals surface area contributed by atoms with Gasteiger partial charge in [-0.15, -0.1) is 0 Å². The van der Waals surface area contributed by atoms with Crippen molar-refractivity contribution in [2.45, 2.75) is 19.6 Å². The Bertz CT molecular complexity index is 1560. The zero-order chi connectivity index (χ0) is 27.9. The number of imidazole rings is 1. The van der Waals surface area contributed by atoms with Crippen molar-refractivity contribution in [3.63, 3.8) is 0 Å². The standard InChI is InChI=1S/C26H29N7O6/c1-4-32(11-12-38-24(35)18-7-5-9-27-13-18)15-20(39-25(36)19-8-6-10-28-14-19)16-33-17-29-22-21(33)23(34)31(3)26(37)30(22)2/h5-10,13-14,17,20H,4,11-12,15-16H2,1-3H3. The highest BCUT2D eigenvalue weighted by atomic mass is 16.5. The molecule has 0 spiro atoms. The molecule has 4 rings (SSSR count). The van der Waals surface area contributed by atoms with Gasteiger partial charge in [0.1, 0.15) is 12.7 Å². The fourth-order valence-electron chi connectivity index (χ4n) is 4.09. The first-order chi connectivity index (χ1) is 18.8. The number of hydrogen-bond acceptors (Lipinski definition) is 10. The molecule has 1 unspecified atom stereocenters. The molecule has 39 heavy (non-hydrogen) atoms. The van der Waals surface area contributed by atoms with Gasteiger partial charge in [0, 0.05) is 52.0 Å². The predicted molar refractivity (Wildman–Crippen MR) is 140 cm³/mol. The molecule has 4 aromatic heterocycles. The van der Waals surface area contributed by atoms with E-state index < -0.39 is 29.3 Å². The Morgan fingerprint density at radius 1 is 1.00 bits per heavy atom. The van der Waals surface area contributed by atoms with Crippen molar-refractivity contribution in [2.75, 3.05) is 26.2 Å². The minimum absolute atomic E-state index is 0.0991. The lowest BCUT2D eigenvalue weighted by atomic mass is 10.2. The molecule has 0 aliphatic heterocycles. The number of rotatable bonds is 11. The van der Waals surface area contributed by atoms with Gasteiger partial charge in [0.2, 0.25) is 0 Å². The van der Waals surface area contributed by atoms with Crippen LogP contribution in [-0.4, -0.2) is 77.8 Å². The van der Waals surface area contributed by atoms with Gasteiger partial charge in [-0.05, 0) is 30.8 Å². The van der Waals surface area contributed by atoms with Crippen molar-refractivity contribution in [1.29, 1.82) is 0 Å². The zero-order valence-corrected chi connectivity index (χ0v) is 21.9. The maximum atomic E-state index is 12.9. The highest BCUT2D eigenvalue weighted by Gasteiger charge is 2.23. The summed E-state index contributed by atoms with van der Waals surface area (Å²) in [5, 5.41) is 0. The van der Waals surface area contributed by atoms with Gasteiger partial charge in [-0.1, -0.05) is 6.92 Å². The van der Waals surface area contributed by atoms with E-state index in [2.05, 4.69) is 15.0 Å². The molecule has 204 valence electrons. The normalized spacial score (nSPS) is 12.0. The van der Waals surface area contributed by atoms with Crippen LogP contribution in [0, 0.1) is 0 Å². The number of hydrogen-bond donors (Lipinski definition) is 0. The molecule has 0 N–H and O–H groups in total. The van der Waals surface area contributed by atoms with Crippen LogP contribution in [0.4, 0.5) is 0 Å². The molecule has 13 nitrogen and oxygen atoms in total. The van der Waals surface area contributed by atoms with Crippen LogP contribution in [0.2, 0.25) is 0 Å². The molecule has 13 heteroatoms. The number of nitrogens with zero attached hydrogens (tertiary/aromatic N) is 7. The summed E-state index contributed by atoms with van der Waals surface area (Å²) < 4.78 is 15.1. The first-order valence-corrected chi connectivity index (χ1v) is 12.3. The molecular formula is C26H29N7O6. The fraction of sp³-hybridized carbons (Fsp3) is 0.346. The van der Waals surface area contributed by atoms with Crippen molar-refractivity contribution < 1.29 is 19.1 Å². The first kappa shape index (κ1) is 27.4. The first-order valence-electron chi connectivity index (χ1n) is 12.3. The van der Waals surface area contributed by atoms with E-state index in [-0.39, 0.29) is 36.4 Å². The van der Waals surface area contributed by atoms with Crippen LogP contribution < -0.4 is 11.2 Å². The highest BCUT2D eigenvalue weighted by molar-refractivity contribution is 5.89. The Kier molecular flexibility index (Phi) is 8.61. The Morgan fingerprint density at radius 2 is 1.67 bits per heavy atom. The van der Waals surface area contributed by atoms with Gasteiger partial charge < -0.3 is 14.0 Å². The molecule has 0 fully saturated rings. The van der Waals surface area contributed by atoms with Crippen molar-refractivity contribution >= 4 is 23.1 Å². The second-order valence-electron chi connectivity index (χ2n) is 8.81. The molecule has 1 atom stereocenters. The van der Waals surface area contributed by atoms with Crippen molar-refractivity contribution in [3.05, 3.63) is 87.3 Å². The molecule has 0 aliphatic rings. The Hall–Kier alpha value is -4.65. The molecule has 0 amide bonds. The maximum Gasteiger partial charge on any atom is 0.340 e. The van der Waals surface area contributed by atoms with Crippen LogP contribution in [0.3, 0.4) is 0 Å². The van der Waals surface area contributed by atoms with E-state index in [0.717, 1.165) is 4.57 Å². The Balaban J connectivity index is 1.53. The number of esters is 2. The maximum absolute atomic E-state index is 12.9. The van der Waals surface area contributed by atoms with Crippen LogP contribution in [0.15, 0.2) is 65.0 Å². The number of aromatic nitrogens is 6. The number of fused-ring (bicyclic) bond motifs is 1. The van der Waals surface area contributed by atoms with Gasteiger partial charge in [0.05, 0.1) is 24.0 Å². The van der Waals surface area contributed by atoms with Gasteiger partial charge in [-0.2, -0.15) is 0 Å². The van der Waals surface area contributed by atoms with Crippen molar-refractivity contribution in [3.8, 4) is 0 Å². The molecule has 0 aromatic carbocycles. The molecule has 4 heterocycles. The smallest absolute Gasteiger partial charge is 0.340 e. The summed E-state index contributed by atoms with van der Waals surface area (Å²) in [4.78, 5) is 64.5. The number of likely N-dealkylation sites (N-methyl/N-ethyl adjacent to an activating group) is 1. The lowest BCUT2D eigenvalue weighted by Gasteiger charge is -2.26. The van der Waals surface area contributed by atoms with Crippen LogP contribution >= 0.6 is 0 Å². The largest absolute Gasteiger partial charge is 0.461 e. The Labute approximate surface area is 223 Å². The molecule has 4 aromatic rings. The monoisotopic (exact) mass is 535 g/mol. The van der Waals surface area contributed by atoms with Gasteiger partial charge in [0.15, 0.2) is 11.2 Å². The number of pyridine rings is 2. The molecule has 0 radical (unpaired) electrons. The van der Waals surface area contributed by atoms with E-state index in [1.807, 2.05) is 11.8 Å². The Morgan fingerprint density at radius 3 is 2.28 bits per heavy atom. The summed E-state index contributed by atoms with van der Waals surface area (Å²) in [6.45, 7) is 3.37. The number of carbonyl (C=O) groups is 2. The lowest BCUT2D eigenvalue weighted by Crippen LogP contribution is -2.40. The third-order valence-electron chi connectivity index (χ3n) is 6.24. The van der Waals surface area contributed by atoms with Crippen molar-refractivity contribution in [2.24, 2.45) is 14.1 Å². The summed E-state index contributed by atoms with van der Waals surface area (Å²) in [5.74, 6) is -1.05. The van der Waals surface area contributed by atoms with Crippen LogP contribution in [-0.2, 0) is 30.1 Å². The van der Waals surface area contributed by atoms with Gasteiger partial charge in [0.25, 0.3) is 5.56 Å². The van der Waals surface area contributed by atoms with Crippen LogP contribution in [0.5, 0.6) is 0 Å². The number of ether oxygens (including phenoxy) is 2. The topological polar surface area (TPSA) is 143 Å². The van der Waals surface area contributed by atoms with E-state index in [4.69, 9.17) is 9.47 Å². The minimum Gasteiger partial charge on any atom is -0.461 e. The molecule has 0 bridgehead atoms. The van der Waals surface area contributed by atoms with Crippen molar-refractivity contribution in [1.82, 2.24) is 33.6 Å². The van der Waals surface area contributed by atoms with Crippen LogP contribution in [0.1, 0.15) is 27.6 Å². The third kappa shape index (κ3) is 6.26.